The first-order valence-corrected chi connectivity index (χ1v) is 8.55. The van der Waals surface area contributed by atoms with E-state index in [1.807, 2.05) is 7.05 Å². The van der Waals surface area contributed by atoms with E-state index in [4.69, 9.17) is 0 Å². The van der Waals surface area contributed by atoms with E-state index in [0.717, 1.165) is 16.5 Å². The Morgan fingerprint density at radius 1 is 1.41 bits per heavy atom. The molecule has 0 aromatic heterocycles. The zero-order chi connectivity index (χ0) is 15.5. The number of thioether (sulfide) groups is 1. The fraction of sp³-hybridized carbons (Fsp3) is 0.500. The van der Waals surface area contributed by atoms with Crippen molar-refractivity contribution in [2.75, 3.05) is 12.8 Å². The third-order valence-electron chi connectivity index (χ3n) is 3.92. The van der Waals surface area contributed by atoms with Crippen LogP contribution in [0.5, 0.6) is 0 Å². The Labute approximate surface area is 134 Å². The van der Waals surface area contributed by atoms with Gasteiger partial charge in [0, 0.05) is 31.8 Å². The third-order valence-corrected chi connectivity index (χ3v) is 5.12. The lowest BCUT2D eigenvalue weighted by atomic mass is 10.2. The lowest BCUT2D eigenvalue weighted by molar-refractivity contribution is -0.121. The minimum Gasteiger partial charge on any atom is -0.352 e. The maximum absolute atomic E-state index is 12.8. The third kappa shape index (κ3) is 4.00. The molecule has 1 N–H and O–H groups in total. The van der Waals surface area contributed by atoms with Crippen molar-refractivity contribution in [2.24, 2.45) is 4.99 Å². The number of carbonyl (C=O) groups is 1. The molecule has 2 fully saturated rings. The predicted octanol–water partition coefficient (Wildman–Crippen LogP) is 2.40. The van der Waals surface area contributed by atoms with Crippen LogP contribution in [0.4, 0.5) is 4.39 Å². The second-order valence-corrected chi connectivity index (χ2v) is 6.81. The topological polar surface area (TPSA) is 44.7 Å². The molecule has 1 aliphatic heterocycles. The van der Waals surface area contributed by atoms with Gasteiger partial charge in [0.15, 0.2) is 5.17 Å². The van der Waals surface area contributed by atoms with Crippen LogP contribution in [-0.2, 0) is 11.3 Å². The average Bonchev–Trinajstić information content (AvgIpc) is 3.26. The molecule has 3 rings (SSSR count). The Hall–Kier alpha value is -1.56. The number of amides is 1. The van der Waals surface area contributed by atoms with Gasteiger partial charge in [-0.05, 0) is 30.5 Å². The van der Waals surface area contributed by atoms with E-state index in [-0.39, 0.29) is 17.8 Å². The van der Waals surface area contributed by atoms with Crippen LogP contribution in [0, 0.1) is 5.82 Å². The molecule has 1 saturated heterocycles. The predicted molar refractivity (Wildman–Crippen MR) is 87.3 cm³/mol. The Balaban J connectivity index is 1.46. The maximum Gasteiger partial charge on any atom is 0.222 e. The molecular formula is C16H20FN3OS. The summed E-state index contributed by atoms with van der Waals surface area (Å²) in [5.41, 5.74) is 0.903. The van der Waals surface area contributed by atoms with Crippen molar-refractivity contribution < 1.29 is 9.18 Å². The number of hydrogen-bond acceptors (Lipinski definition) is 3. The first-order valence-electron chi connectivity index (χ1n) is 7.56. The van der Waals surface area contributed by atoms with E-state index >= 15 is 0 Å². The van der Waals surface area contributed by atoms with Gasteiger partial charge in [0.1, 0.15) is 5.82 Å². The number of rotatable bonds is 5. The number of nitrogens with one attached hydrogen (secondary N) is 1. The van der Waals surface area contributed by atoms with Crippen molar-refractivity contribution in [3.63, 3.8) is 0 Å². The zero-order valence-corrected chi connectivity index (χ0v) is 13.4. The van der Waals surface area contributed by atoms with Crippen LogP contribution >= 0.6 is 11.8 Å². The van der Waals surface area contributed by atoms with Gasteiger partial charge in [-0.25, -0.2) is 4.39 Å². The fourth-order valence-corrected chi connectivity index (χ4v) is 3.57. The standard InChI is InChI=1S/C16H20FN3OS/c1-20-14(10-22-16(20)19-13-6-7-13)8-15(21)18-9-11-2-4-12(17)5-3-11/h2-5,13-14H,6-10H2,1H3,(H,18,21). The summed E-state index contributed by atoms with van der Waals surface area (Å²) in [6.45, 7) is 0.436. The molecule has 6 heteroatoms. The van der Waals surface area contributed by atoms with E-state index < -0.39 is 0 Å². The summed E-state index contributed by atoms with van der Waals surface area (Å²) in [7, 11) is 2.01. The molecule has 0 radical (unpaired) electrons. The summed E-state index contributed by atoms with van der Waals surface area (Å²) in [6, 6.07) is 6.90. The van der Waals surface area contributed by atoms with Crippen LogP contribution < -0.4 is 5.32 Å². The SMILES string of the molecule is CN1C(=NC2CC2)SCC1CC(=O)NCc1ccc(F)cc1. The van der Waals surface area contributed by atoms with Crippen molar-refractivity contribution in [2.45, 2.75) is 37.9 Å². The number of nitrogens with zero attached hydrogens (tertiary/aromatic N) is 2. The number of halogens is 1. The molecule has 2 aliphatic rings. The zero-order valence-electron chi connectivity index (χ0n) is 12.6. The molecule has 0 bridgehead atoms. The minimum absolute atomic E-state index is 0.0226. The van der Waals surface area contributed by atoms with Gasteiger partial charge >= 0.3 is 0 Å². The van der Waals surface area contributed by atoms with E-state index in [9.17, 15) is 9.18 Å². The fourth-order valence-electron chi connectivity index (χ4n) is 2.31. The van der Waals surface area contributed by atoms with Crippen molar-refractivity contribution in [1.82, 2.24) is 10.2 Å². The number of hydrogen-bond donors (Lipinski definition) is 1. The molecule has 1 heterocycles. The Kier molecular flexibility index (Phi) is 4.66. The first-order chi connectivity index (χ1) is 10.6. The highest BCUT2D eigenvalue weighted by Crippen LogP contribution is 2.30. The average molecular weight is 321 g/mol. The van der Waals surface area contributed by atoms with Gasteiger partial charge in [-0.15, -0.1) is 0 Å². The maximum atomic E-state index is 12.8. The summed E-state index contributed by atoms with van der Waals surface area (Å²) in [4.78, 5) is 18.9. The van der Waals surface area contributed by atoms with Crippen LogP contribution in [0.2, 0.25) is 0 Å². The van der Waals surface area contributed by atoms with Gasteiger partial charge in [-0.1, -0.05) is 23.9 Å². The van der Waals surface area contributed by atoms with E-state index in [1.54, 1.807) is 23.9 Å². The number of benzene rings is 1. The van der Waals surface area contributed by atoms with E-state index in [1.165, 1.54) is 25.0 Å². The van der Waals surface area contributed by atoms with Gasteiger partial charge in [-0.2, -0.15) is 0 Å². The van der Waals surface area contributed by atoms with Gasteiger partial charge in [-0.3, -0.25) is 9.79 Å². The Bertz CT molecular complexity index is 571. The van der Waals surface area contributed by atoms with Crippen LogP contribution in [-0.4, -0.2) is 40.9 Å². The number of aliphatic imine (C=N–C) groups is 1. The molecular weight excluding hydrogens is 301 g/mol. The normalized spacial score (nSPS) is 23.1. The number of amidine groups is 1. The molecule has 1 unspecified atom stereocenters. The molecule has 1 saturated carbocycles. The molecule has 118 valence electrons. The van der Waals surface area contributed by atoms with Crippen molar-refractivity contribution in [1.29, 1.82) is 0 Å². The van der Waals surface area contributed by atoms with Crippen molar-refractivity contribution in [3.8, 4) is 0 Å². The highest BCUT2D eigenvalue weighted by atomic mass is 32.2. The van der Waals surface area contributed by atoms with E-state index in [2.05, 4.69) is 15.2 Å². The van der Waals surface area contributed by atoms with Crippen LogP contribution in [0.3, 0.4) is 0 Å². The first kappa shape index (κ1) is 15.3. The summed E-state index contributed by atoms with van der Waals surface area (Å²) in [5.74, 6) is 0.669. The second kappa shape index (κ2) is 6.69. The quantitative estimate of drug-likeness (QED) is 0.906. The molecule has 22 heavy (non-hydrogen) atoms. The van der Waals surface area contributed by atoms with Gasteiger partial charge in [0.05, 0.1) is 6.04 Å². The van der Waals surface area contributed by atoms with Gasteiger partial charge < -0.3 is 10.2 Å². The molecule has 1 aromatic rings. The molecule has 1 aromatic carbocycles. The van der Waals surface area contributed by atoms with Crippen LogP contribution in [0.1, 0.15) is 24.8 Å². The van der Waals surface area contributed by atoms with Crippen LogP contribution in [0.15, 0.2) is 29.3 Å². The summed E-state index contributed by atoms with van der Waals surface area (Å²) >= 11 is 1.74. The van der Waals surface area contributed by atoms with Gasteiger partial charge in [0.25, 0.3) is 0 Å². The second-order valence-electron chi connectivity index (χ2n) is 5.83. The molecule has 1 amide bonds. The molecule has 0 spiro atoms. The lowest BCUT2D eigenvalue weighted by Gasteiger charge is -2.20. The number of carbonyl (C=O) groups excluding carboxylic acids is 1. The Morgan fingerprint density at radius 3 is 2.82 bits per heavy atom. The summed E-state index contributed by atoms with van der Waals surface area (Å²) in [6.07, 6.45) is 2.86. The molecule has 1 aliphatic carbocycles. The van der Waals surface area contributed by atoms with E-state index in [0.29, 0.717) is 19.0 Å². The van der Waals surface area contributed by atoms with Crippen LogP contribution in [0.25, 0.3) is 0 Å². The van der Waals surface area contributed by atoms with Crippen molar-refractivity contribution >= 4 is 22.8 Å². The highest BCUT2D eigenvalue weighted by Gasteiger charge is 2.31. The lowest BCUT2D eigenvalue weighted by Crippen LogP contribution is -2.35. The largest absolute Gasteiger partial charge is 0.352 e. The minimum atomic E-state index is -0.262. The monoisotopic (exact) mass is 321 g/mol. The Morgan fingerprint density at radius 2 is 2.14 bits per heavy atom. The highest BCUT2D eigenvalue weighted by molar-refractivity contribution is 8.14. The van der Waals surface area contributed by atoms with Gasteiger partial charge in [0.2, 0.25) is 5.91 Å². The van der Waals surface area contributed by atoms with Crippen molar-refractivity contribution in [3.05, 3.63) is 35.6 Å². The summed E-state index contributed by atoms with van der Waals surface area (Å²) < 4.78 is 12.8. The summed E-state index contributed by atoms with van der Waals surface area (Å²) in [5, 5.41) is 3.96. The molecule has 4 nitrogen and oxygen atoms in total. The molecule has 1 atom stereocenters. The smallest absolute Gasteiger partial charge is 0.222 e.